The van der Waals surface area contributed by atoms with E-state index < -0.39 is 0 Å². The third-order valence-electron chi connectivity index (χ3n) is 3.84. The molecule has 4 nitrogen and oxygen atoms in total. The third kappa shape index (κ3) is 5.24. The third-order valence-corrected chi connectivity index (χ3v) is 4.07. The molecule has 1 N–H and O–H groups in total. The van der Waals surface area contributed by atoms with E-state index >= 15 is 0 Å². The number of rotatable bonds is 7. The van der Waals surface area contributed by atoms with E-state index in [0.717, 1.165) is 29.5 Å². The summed E-state index contributed by atoms with van der Waals surface area (Å²) in [5, 5.41) is 4.90. The van der Waals surface area contributed by atoms with Gasteiger partial charge in [-0.3, -0.25) is 0 Å². The summed E-state index contributed by atoms with van der Waals surface area (Å²) in [7, 11) is 0. The van der Waals surface area contributed by atoms with Crippen LogP contribution in [0.1, 0.15) is 24.5 Å². The van der Waals surface area contributed by atoms with Gasteiger partial charge in [0.2, 0.25) is 0 Å². The maximum Gasteiger partial charge on any atom is 0.336 e. The fourth-order valence-electron chi connectivity index (χ4n) is 2.64. The van der Waals surface area contributed by atoms with Crippen LogP contribution in [0.4, 0.5) is 0 Å². The largest absolute Gasteiger partial charge is 0.489 e. The van der Waals surface area contributed by atoms with Crippen molar-refractivity contribution >= 4 is 35.0 Å². The van der Waals surface area contributed by atoms with Gasteiger partial charge in [-0.15, -0.1) is 12.4 Å². The van der Waals surface area contributed by atoms with Crippen LogP contribution >= 0.6 is 24.0 Å². The Balaban J connectivity index is 0.00000243. The topological polar surface area (TPSA) is 51.5 Å². The summed E-state index contributed by atoms with van der Waals surface area (Å²) in [6.45, 7) is 4.04. The summed E-state index contributed by atoms with van der Waals surface area (Å²) in [6, 6.07) is 14.6. The number of benzene rings is 2. The molecule has 0 amide bonds. The van der Waals surface area contributed by atoms with Gasteiger partial charge in [0.05, 0.1) is 0 Å². The SMILES string of the molecule is CCCNCc1cc(=O)oc2cc(OCc3cccc(Cl)c3)ccc12.Cl. The molecule has 0 radical (unpaired) electrons. The summed E-state index contributed by atoms with van der Waals surface area (Å²) in [6.07, 6.45) is 1.04. The normalized spacial score (nSPS) is 10.5. The Hall–Kier alpha value is -2.01. The summed E-state index contributed by atoms with van der Waals surface area (Å²) >= 11 is 5.98. The van der Waals surface area contributed by atoms with Crippen LogP contribution in [-0.2, 0) is 13.2 Å². The molecule has 1 aromatic heterocycles. The molecule has 0 spiro atoms. The zero-order valence-corrected chi connectivity index (χ0v) is 16.0. The number of ether oxygens (including phenoxy) is 1. The lowest BCUT2D eigenvalue weighted by Crippen LogP contribution is -2.15. The molecule has 0 aliphatic carbocycles. The summed E-state index contributed by atoms with van der Waals surface area (Å²) < 4.78 is 11.1. The van der Waals surface area contributed by atoms with Gasteiger partial charge in [0.25, 0.3) is 0 Å². The molecular weight excluding hydrogens is 373 g/mol. The second-order valence-corrected chi connectivity index (χ2v) is 6.28. The molecule has 0 unspecified atom stereocenters. The molecule has 138 valence electrons. The Labute approximate surface area is 163 Å². The van der Waals surface area contributed by atoms with Crippen molar-refractivity contribution < 1.29 is 9.15 Å². The van der Waals surface area contributed by atoms with Gasteiger partial charge in [0.1, 0.15) is 17.9 Å². The zero-order valence-electron chi connectivity index (χ0n) is 14.5. The van der Waals surface area contributed by atoms with E-state index in [-0.39, 0.29) is 18.0 Å². The lowest BCUT2D eigenvalue weighted by atomic mass is 10.1. The fourth-order valence-corrected chi connectivity index (χ4v) is 2.85. The van der Waals surface area contributed by atoms with Crippen LogP contribution in [0.15, 0.2) is 57.7 Å². The Morgan fingerprint density at radius 1 is 1.15 bits per heavy atom. The average molecular weight is 394 g/mol. The number of nitrogens with one attached hydrogen (secondary N) is 1. The lowest BCUT2D eigenvalue weighted by molar-refractivity contribution is 0.306. The highest BCUT2D eigenvalue weighted by molar-refractivity contribution is 6.30. The van der Waals surface area contributed by atoms with E-state index in [4.69, 9.17) is 20.8 Å². The first-order valence-electron chi connectivity index (χ1n) is 8.30. The van der Waals surface area contributed by atoms with Gasteiger partial charge < -0.3 is 14.5 Å². The predicted molar refractivity (Wildman–Crippen MR) is 108 cm³/mol. The molecule has 26 heavy (non-hydrogen) atoms. The fraction of sp³-hybridized carbons (Fsp3) is 0.250. The average Bonchev–Trinajstić information content (AvgIpc) is 2.60. The highest BCUT2D eigenvalue weighted by atomic mass is 35.5. The highest BCUT2D eigenvalue weighted by Crippen LogP contribution is 2.23. The minimum absolute atomic E-state index is 0. The van der Waals surface area contributed by atoms with E-state index in [1.807, 2.05) is 36.4 Å². The van der Waals surface area contributed by atoms with Gasteiger partial charge in [0, 0.05) is 29.1 Å². The standard InChI is InChI=1S/C20H20ClNO3.ClH/c1-2-8-22-12-15-10-20(23)25-19-11-17(6-7-18(15)19)24-13-14-4-3-5-16(21)9-14;/h3-7,9-11,22H,2,8,12-13H2,1H3;1H. The van der Waals surface area contributed by atoms with Gasteiger partial charge in [-0.1, -0.05) is 30.7 Å². The van der Waals surface area contributed by atoms with Crippen LogP contribution in [0.3, 0.4) is 0 Å². The van der Waals surface area contributed by atoms with E-state index in [1.165, 1.54) is 6.07 Å². The van der Waals surface area contributed by atoms with Crippen molar-refractivity contribution in [3.63, 3.8) is 0 Å². The Morgan fingerprint density at radius 3 is 2.77 bits per heavy atom. The van der Waals surface area contributed by atoms with Crippen molar-refractivity contribution in [2.24, 2.45) is 0 Å². The van der Waals surface area contributed by atoms with Crippen molar-refractivity contribution in [3.8, 4) is 5.75 Å². The van der Waals surface area contributed by atoms with Crippen LogP contribution in [0, 0.1) is 0 Å². The van der Waals surface area contributed by atoms with E-state index in [1.54, 1.807) is 6.07 Å². The van der Waals surface area contributed by atoms with E-state index in [9.17, 15) is 4.79 Å². The molecule has 0 saturated heterocycles. The molecule has 0 atom stereocenters. The first-order valence-corrected chi connectivity index (χ1v) is 8.68. The molecule has 6 heteroatoms. The van der Waals surface area contributed by atoms with Crippen LogP contribution in [0.25, 0.3) is 11.0 Å². The summed E-state index contributed by atoms with van der Waals surface area (Å²) in [4.78, 5) is 11.8. The van der Waals surface area contributed by atoms with Crippen LogP contribution in [-0.4, -0.2) is 6.54 Å². The van der Waals surface area contributed by atoms with Crippen molar-refractivity contribution in [3.05, 3.63) is 75.1 Å². The molecule has 3 rings (SSSR count). The van der Waals surface area contributed by atoms with Gasteiger partial charge >= 0.3 is 5.63 Å². The number of hydrogen-bond acceptors (Lipinski definition) is 4. The first-order chi connectivity index (χ1) is 12.2. The second kappa shape index (κ2) is 9.62. The number of hydrogen-bond donors (Lipinski definition) is 1. The summed E-state index contributed by atoms with van der Waals surface area (Å²) in [5.41, 5.74) is 2.09. The quantitative estimate of drug-likeness (QED) is 0.455. The Bertz CT molecular complexity index is 924. The predicted octanol–water partition coefficient (Wildman–Crippen LogP) is 4.95. The number of halogens is 2. The van der Waals surface area contributed by atoms with Gasteiger partial charge in [-0.2, -0.15) is 0 Å². The van der Waals surface area contributed by atoms with Crippen molar-refractivity contribution in [1.29, 1.82) is 0 Å². The van der Waals surface area contributed by atoms with Crippen LogP contribution in [0.5, 0.6) is 5.75 Å². The van der Waals surface area contributed by atoms with Crippen molar-refractivity contribution in [2.45, 2.75) is 26.5 Å². The Morgan fingerprint density at radius 2 is 2.00 bits per heavy atom. The van der Waals surface area contributed by atoms with Crippen molar-refractivity contribution in [1.82, 2.24) is 5.32 Å². The van der Waals surface area contributed by atoms with Crippen molar-refractivity contribution in [2.75, 3.05) is 6.54 Å². The summed E-state index contributed by atoms with van der Waals surface area (Å²) in [5.74, 6) is 0.647. The Kier molecular flexibility index (Phi) is 7.51. The van der Waals surface area contributed by atoms with Crippen LogP contribution < -0.4 is 15.7 Å². The molecule has 0 fully saturated rings. The second-order valence-electron chi connectivity index (χ2n) is 5.84. The maximum atomic E-state index is 11.8. The number of fused-ring (bicyclic) bond motifs is 1. The minimum Gasteiger partial charge on any atom is -0.489 e. The highest BCUT2D eigenvalue weighted by Gasteiger charge is 2.07. The van der Waals surface area contributed by atoms with Crippen LogP contribution in [0.2, 0.25) is 5.02 Å². The molecule has 0 aliphatic rings. The maximum absolute atomic E-state index is 11.8. The van der Waals surface area contributed by atoms with Gasteiger partial charge in [-0.05, 0) is 48.4 Å². The molecule has 3 aromatic rings. The smallest absolute Gasteiger partial charge is 0.336 e. The molecular formula is C20H21Cl2NO3. The van der Waals surface area contributed by atoms with Gasteiger partial charge in [-0.25, -0.2) is 4.79 Å². The zero-order chi connectivity index (χ0) is 17.6. The molecule has 1 heterocycles. The molecule has 0 bridgehead atoms. The molecule has 2 aromatic carbocycles. The first kappa shape index (κ1) is 20.3. The minimum atomic E-state index is -0.354. The van der Waals surface area contributed by atoms with E-state index in [0.29, 0.717) is 29.5 Å². The molecule has 0 aliphatic heterocycles. The monoisotopic (exact) mass is 393 g/mol. The van der Waals surface area contributed by atoms with Gasteiger partial charge in [0.15, 0.2) is 0 Å². The molecule has 0 saturated carbocycles. The lowest BCUT2D eigenvalue weighted by Gasteiger charge is -2.10. The van der Waals surface area contributed by atoms with E-state index in [2.05, 4.69) is 12.2 Å².